The maximum absolute atomic E-state index is 12.8. The second kappa shape index (κ2) is 6.67. The molecule has 3 atom stereocenters. The van der Waals surface area contributed by atoms with Gasteiger partial charge < -0.3 is 19.1 Å². The van der Waals surface area contributed by atoms with Crippen LogP contribution in [0.5, 0.6) is 5.75 Å². The van der Waals surface area contributed by atoms with Gasteiger partial charge in [0.15, 0.2) is 6.23 Å². The molecule has 136 valence electrons. The molecule has 0 saturated carbocycles. The fourth-order valence-corrected chi connectivity index (χ4v) is 3.45. The van der Waals surface area contributed by atoms with Crippen LogP contribution in [0.15, 0.2) is 24.3 Å². The number of amides is 1. The first-order valence-electron chi connectivity index (χ1n) is 8.58. The van der Waals surface area contributed by atoms with Gasteiger partial charge in [-0.2, -0.15) is 0 Å². The zero-order valence-electron chi connectivity index (χ0n) is 15.2. The highest BCUT2D eigenvalue weighted by molar-refractivity contribution is 5.86. The summed E-state index contributed by atoms with van der Waals surface area (Å²) in [6.07, 6.45) is 0.357. The molecule has 6 heteroatoms. The molecular weight excluding hydrogens is 322 g/mol. The minimum atomic E-state index is -0.538. The van der Waals surface area contributed by atoms with Crippen molar-refractivity contribution in [2.24, 2.45) is 5.92 Å². The van der Waals surface area contributed by atoms with Gasteiger partial charge in [0.2, 0.25) is 5.91 Å². The number of fused-ring (bicyclic) bond motifs is 1. The van der Waals surface area contributed by atoms with E-state index in [9.17, 15) is 9.59 Å². The summed E-state index contributed by atoms with van der Waals surface area (Å²) in [6, 6.07) is 7.53. The minimum Gasteiger partial charge on any atom is -0.497 e. The Bertz CT molecular complexity index is 649. The molecule has 2 aliphatic heterocycles. The quantitative estimate of drug-likeness (QED) is 0.784. The van der Waals surface area contributed by atoms with E-state index >= 15 is 0 Å². The average molecular weight is 347 g/mol. The molecule has 0 aliphatic carbocycles. The molecule has 0 radical (unpaired) electrons. The third-order valence-corrected chi connectivity index (χ3v) is 4.49. The first-order chi connectivity index (χ1) is 11.8. The van der Waals surface area contributed by atoms with Crippen molar-refractivity contribution in [1.29, 1.82) is 0 Å². The number of hydrogen-bond acceptors (Lipinski definition) is 5. The maximum atomic E-state index is 12.8. The van der Waals surface area contributed by atoms with Gasteiger partial charge in [0.25, 0.3) is 0 Å². The van der Waals surface area contributed by atoms with E-state index in [1.54, 1.807) is 12.0 Å². The van der Waals surface area contributed by atoms with Crippen molar-refractivity contribution in [3.05, 3.63) is 29.8 Å². The number of carbonyl (C=O) groups excluding carboxylic acids is 2. The zero-order chi connectivity index (χ0) is 18.2. The lowest BCUT2D eigenvalue weighted by atomic mass is 10.0. The fraction of sp³-hybridized carbons (Fsp3) is 0.579. The summed E-state index contributed by atoms with van der Waals surface area (Å²) in [6.45, 7) is 5.97. The monoisotopic (exact) mass is 347 g/mol. The maximum Gasteiger partial charge on any atom is 0.307 e. The van der Waals surface area contributed by atoms with Gasteiger partial charge in [-0.15, -0.1) is 0 Å². The van der Waals surface area contributed by atoms with E-state index in [0.717, 1.165) is 11.3 Å². The Morgan fingerprint density at radius 3 is 2.56 bits per heavy atom. The lowest BCUT2D eigenvalue weighted by molar-refractivity contribution is -0.158. The number of carbonyl (C=O) groups is 2. The van der Waals surface area contributed by atoms with Gasteiger partial charge in [-0.1, -0.05) is 12.1 Å². The number of methoxy groups -OCH3 is 1. The van der Waals surface area contributed by atoms with Crippen LogP contribution in [0, 0.1) is 5.92 Å². The first-order valence-corrected chi connectivity index (χ1v) is 8.58. The summed E-state index contributed by atoms with van der Waals surface area (Å²) in [4.78, 5) is 26.6. The number of hydrogen-bond donors (Lipinski definition) is 0. The Morgan fingerprint density at radius 2 is 1.96 bits per heavy atom. The van der Waals surface area contributed by atoms with Crippen molar-refractivity contribution in [2.45, 2.75) is 51.5 Å². The molecule has 0 aromatic heterocycles. The fourth-order valence-electron chi connectivity index (χ4n) is 3.45. The summed E-state index contributed by atoms with van der Waals surface area (Å²) >= 11 is 0. The van der Waals surface area contributed by atoms with E-state index in [0.29, 0.717) is 13.0 Å². The van der Waals surface area contributed by atoms with Crippen LogP contribution < -0.4 is 4.74 Å². The summed E-state index contributed by atoms with van der Waals surface area (Å²) in [5.74, 6) is 0.0708. The number of esters is 1. The molecule has 2 fully saturated rings. The van der Waals surface area contributed by atoms with Gasteiger partial charge in [0.1, 0.15) is 11.4 Å². The highest BCUT2D eigenvalue weighted by atomic mass is 16.6. The lowest BCUT2D eigenvalue weighted by Crippen LogP contribution is -2.33. The Balaban J connectivity index is 1.68. The van der Waals surface area contributed by atoms with E-state index in [4.69, 9.17) is 14.2 Å². The van der Waals surface area contributed by atoms with Crippen LogP contribution in [0.3, 0.4) is 0 Å². The Kier molecular flexibility index (Phi) is 4.73. The predicted octanol–water partition coefficient (Wildman–Crippen LogP) is 2.67. The Labute approximate surface area is 148 Å². The molecule has 2 aliphatic rings. The van der Waals surface area contributed by atoms with Crippen LogP contribution in [0.4, 0.5) is 0 Å². The highest BCUT2D eigenvalue weighted by Crippen LogP contribution is 2.41. The first kappa shape index (κ1) is 17.7. The van der Waals surface area contributed by atoms with Crippen LogP contribution in [-0.4, -0.2) is 42.1 Å². The normalized spacial score (nSPS) is 25.8. The second-order valence-corrected chi connectivity index (χ2v) is 7.58. The van der Waals surface area contributed by atoms with Crippen molar-refractivity contribution in [3.63, 3.8) is 0 Å². The van der Waals surface area contributed by atoms with Gasteiger partial charge in [-0.05, 0) is 39.3 Å². The molecule has 3 rings (SSSR count). The van der Waals surface area contributed by atoms with Crippen molar-refractivity contribution in [1.82, 2.24) is 4.90 Å². The molecular formula is C19H25NO5. The van der Waals surface area contributed by atoms with Gasteiger partial charge >= 0.3 is 5.97 Å². The van der Waals surface area contributed by atoms with Gasteiger partial charge in [0, 0.05) is 5.56 Å². The lowest BCUT2D eigenvalue weighted by Gasteiger charge is -2.24. The molecule has 25 heavy (non-hydrogen) atoms. The third kappa shape index (κ3) is 3.79. The van der Waals surface area contributed by atoms with E-state index < -0.39 is 11.8 Å². The number of benzene rings is 1. The molecule has 2 heterocycles. The topological polar surface area (TPSA) is 65.1 Å². The van der Waals surface area contributed by atoms with Crippen LogP contribution in [-0.2, 0) is 19.1 Å². The molecule has 6 nitrogen and oxygen atoms in total. The molecule has 1 aromatic carbocycles. The van der Waals surface area contributed by atoms with Gasteiger partial charge in [-0.25, -0.2) is 0 Å². The van der Waals surface area contributed by atoms with Crippen molar-refractivity contribution in [3.8, 4) is 5.75 Å². The number of rotatable bonds is 4. The van der Waals surface area contributed by atoms with E-state index in [1.807, 2.05) is 45.0 Å². The molecule has 2 saturated heterocycles. The van der Waals surface area contributed by atoms with Crippen molar-refractivity contribution in [2.75, 3.05) is 13.7 Å². The SMILES string of the molecule is COc1ccc([C@H]2OC[C@@H]3C[C@@H](CC(=O)OC(C)(C)C)C(=O)N32)cc1. The molecule has 0 N–H and O–H groups in total. The van der Waals surface area contributed by atoms with Crippen LogP contribution in [0.25, 0.3) is 0 Å². The summed E-state index contributed by atoms with van der Waals surface area (Å²) in [5, 5.41) is 0. The van der Waals surface area contributed by atoms with Crippen LogP contribution >= 0.6 is 0 Å². The van der Waals surface area contributed by atoms with Gasteiger partial charge in [0.05, 0.1) is 32.1 Å². The molecule has 0 spiro atoms. The summed E-state index contributed by atoms with van der Waals surface area (Å²) in [5.41, 5.74) is 0.374. The number of ether oxygens (including phenoxy) is 3. The van der Waals surface area contributed by atoms with E-state index in [-0.39, 0.29) is 30.3 Å². The molecule has 0 bridgehead atoms. The van der Waals surface area contributed by atoms with E-state index in [1.165, 1.54) is 0 Å². The van der Waals surface area contributed by atoms with Crippen molar-refractivity contribution < 1.29 is 23.8 Å². The standard InChI is InChI=1S/C19H25NO5/c1-19(2,3)25-16(21)10-13-9-14-11-24-18(20(14)17(13)22)12-5-7-15(23-4)8-6-12/h5-8,13-14,18H,9-11H2,1-4H3/t13-,14-,18+/m0/s1. The summed E-state index contributed by atoms with van der Waals surface area (Å²) in [7, 11) is 1.61. The predicted molar refractivity (Wildman–Crippen MR) is 90.9 cm³/mol. The third-order valence-electron chi connectivity index (χ3n) is 4.49. The largest absolute Gasteiger partial charge is 0.497 e. The molecule has 1 amide bonds. The second-order valence-electron chi connectivity index (χ2n) is 7.58. The Morgan fingerprint density at radius 1 is 1.28 bits per heavy atom. The minimum absolute atomic E-state index is 0.0204. The van der Waals surface area contributed by atoms with Crippen LogP contribution in [0.1, 0.15) is 45.4 Å². The van der Waals surface area contributed by atoms with Crippen LogP contribution in [0.2, 0.25) is 0 Å². The molecule has 1 aromatic rings. The highest BCUT2D eigenvalue weighted by Gasteiger charge is 2.48. The summed E-state index contributed by atoms with van der Waals surface area (Å²) < 4.78 is 16.4. The van der Waals surface area contributed by atoms with Crippen molar-refractivity contribution >= 4 is 11.9 Å². The smallest absolute Gasteiger partial charge is 0.307 e. The van der Waals surface area contributed by atoms with Gasteiger partial charge in [-0.3, -0.25) is 9.59 Å². The average Bonchev–Trinajstić information content (AvgIpc) is 3.07. The Hall–Kier alpha value is -2.08. The number of nitrogens with zero attached hydrogens (tertiary/aromatic N) is 1. The van der Waals surface area contributed by atoms with E-state index in [2.05, 4.69) is 0 Å². The zero-order valence-corrected chi connectivity index (χ0v) is 15.2. The molecule has 0 unspecified atom stereocenters.